The average molecular weight is 395 g/mol. The number of benzene rings is 1. The number of ether oxygens (including phenoxy) is 1. The fourth-order valence-corrected chi connectivity index (χ4v) is 5.32. The molecule has 130 valence electrons. The van der Waals surface area contributed by atoms with Crippen molar-refractivity contribution in [3.63, 3.8) is 0 Å². The molecule has 0 aliphatic heterocycles. The lowest BCUT2D eigenvalue weighted by atomic mass is 10.2. The van der Waals surface area contributed by atoms with E-state index in [1.165, 1.54) is 17.5 Å². The number of thiophene rings is 1. The molecule has 0 bridgehead atoms. The highest BCUT2D eigenvalue weighted by molar-refractivity contribution is 7.94. The van der Waals surface area contributed by atoms with Crippen molar-refractivity contribution in [3.8, 4) is 5.75 Å². The van der Waals surface area contributed by atoms with Gasteiger partial charge in [-0.05, 0) is 35.9 Å². The minimum atomic E-state index is -3.77. The van der Waals surface area contributed by atoms with E-state index in [1.54, 1.807) is 48.8 Å². The molecule has 0 saturated carbocycles. The average Bonchev–Trinajstić information content (AvgIpc) is 3.08. The molecule has 0 aliphatic rings. The van der Waals surface area contributed by atoms with Gasteiger partial charge in [0.1, 0.15) is 9.96 Å². The quantitative estimate of drug-likeness (QED) is 0.628. The maximum atomic E-state index is 13.2. The third kappa shape index (κ3) is 3.95. The fourth-order valence-electron chi connectivity index (χ4n) is 2.28. The van der Waals surface area contributed by atoms with Gasteiger partial charge in [-0.1, -0.05) is 23.7 Å². The molecule has 0 atom stereocenters. The molecule has 0 fully saturated rings. The second-order valence-electron chi connectivity index (χ2n) is 5.13. The van der Waals surface area contributed by atoms with Gasteiger partial charge >= 0.3 is 0 Å². The molecule has 3 rings (SSSR count). The van der Waals surface area contributed by atoms with Crippen LogP contribution in [-0.4, -0.2) is 20.5 Å². The second-order valence-corrected chi connectivity index (χ2v) is 8.94. The van der Waals surface area contributed by atoms with E-state index in [-0.39, 0.29) is 10.8 Å². The van der Waals surface area contributed by atoms with Crippen molar-refractivity contribution in [2.75, 3.05) is 11.4 Å². The number of methoxy groups -OCH3 is 1. The third-order valence-corrected chi connectivity index (χ3v) is 6.96. The molecule has 8 heteroatoms. The molecule has 5 nitrogen and oxygen atoms in total. The van der Waals surface area contributed by atoms with E-state index >= 15 is 0 Å². The highest BCUT2D eigenvalue weighted by atomic mass is 35.5. The molecule has 3 aromatic rings. The topological polar surface area (TPSA) is 59.5 Å². The van der Waals surface area contributed by atoms with Crippen molar-refractivity contribution in [1.29, 1.82) is 0 Å². The number of rotatable bonds is 6. The van der Waals surface area contributed by atoms with Crippen molar-refractivity contribution < 1.29 is 13.2 Å². The van der Waals surface area contributed by atoms with Crippen LogP contribution in [0.25, 0.3) is 0 Å². The summed E-state index contributed by atoms with van der Waals surface area (Å²) in [5.41, 5.74) is 1.28. The second kappa shape index (κ2) is 7.43. The van der Waals surface area contributed by atoms with Gasteiger partial charge in [0.05, 0.1) is 23.7 Å². The smallest absolute Gasteiger partial charge is 0.274 e. The number of aromatic nitrogens is 1. The number of pyridine rings is 1. The molecule has 0 radical (unpaired) electrons. The minimum absolute atomic E-state index is 0.152. The van der Waals surface area contributed by atoms with Crippen LogP contribution in [-0.2, 0) is 16.6 Å². The lowest BCUT2D eigenvalue weighted by Crippen LogP contribution is -2.30. The van der Waals surface area contributed by atoms with E-state index in [4.69, 9.17) is 16.3 Å². The summed E-state index contributed by atoms with van der Waals surface area (Å²) in [6.45, 7) is 0.152. The summed E-state index contributed by atoms with van der Waals surface area (Å²) in [4.78, 5) is 4.06. The van der Waals surface area contributed by atoms with Gasteiger partial charge in [0.25, 0.3) is 10.0 Å². The summed E-state index contributed by atoms with van der Waals surface area (Å²) in [7, 11) is -2.23. The number of hydrogen-bond acceptors (Lipinski definition) is 5. The van der Waals surface area contributed by atoms with Crippen LogP contribution in [0, 0.1) is 0 Å². The summed E-state index contributed by atoms with van der Waals surface area (Å²) in [6, 6.07) is 13.6. The Hall–Kier alpha value is -2.09. The highest BCUT2D eigenvalue weighted by Gasteiger charge is 2.27. The van der Waals surface area contributed by atoms with E-state index in [9.17, 15) is 8.42 Å². The molecule has 0 aliphatic carbocycles. The number of halogens is 1. The zero-order valence-electron chi connectivity index (χ0n) is 13.3. The molecule has 0 unspecified atom stereocenters. The van der Waals surface area contributed by atoms with Crippen molar-refractivity contribution in [2.45, 2.75) is 10.8 Å². The standard InChI is InChI=1S/C17H15ClN2O3S2/c1-23-15-6-2-5-14(10-15)20(12-13-4-3-9-19-11-13)25(21,22)17-8-7-16(18)24-17/h2-11H,12H2,1H3. The highest BCUT2D eigenvalue weighted by Crippen LogP contribution is 2.33. The van der Waals surface area contributed by atoms with Crippen LogP contribution in [0.3, 0.4) is 0 Å². The van der Waals surface area contributed by atoms with Crippen LogP contribution in [0.5, 0.6) is 5.75 Å². The number of nitrogens with zero attached hydrogens (tertiary/aromatic N) is 2. The number of sulfonamides is 1. The SMILES string of the molecule is COc1cccc(N(Cc2cccnc2)S(=O)(=O)c2ccc(Cl)s2)c1. The molecule has 1 aromatic carbocycles. The number of hydrogen-bond donors (Lipinski definition) is 0. The maximum absolute atomic E-state index is 13.2. The first-order valence-corrected chi connectivity index (χ1v) is 9.95. The lowest BCUT2D eigenvalue weighted by Gasteiger charge is -2.24. The molecule has 25 heavy (non-hydrogen) atoms. The van der Waals surface area contributed by atoms with Crippen LogP contribution in [0.4, 0.5) is 5.69 Å². The zero-order chi connectivity index (χ0) is 17.9. The zero-order valence-corrected chi connectivity index (χ0v) is 15.7. The Morgan fingerprint density at radius 2 is 2.04 bits per heavy atom. The Morgan fingerprint density at radius 3 is 2.68 bits per heavy atom. The van der Waals surface area contributed by atoms with Gasteiger partial charge < -0.3 is 4.74 Å². The van der Waals surface area contributed by atoms with Crippen LogP contribution < -0.4 is 9.04 Å². The van der Waals surface area contributed by atoms with E-state index < -0.39 is 10.0 Å². The molecule has 0 saturated heterocycles. The van der Waals surface area contributed by atoms with Crippen molar-refractivity contribution in [2.24, 2.45) is 0 Å². The summed E-state index contributed by atoms with van der Waals surface area (Å²) in [6.07, 6.45) is 3.29. The Labute approximate surface area is 155 Å². The van der Waals surface area contributed by atoms with Gasteiger partial charge in [-0.2, -0.15) is 0 Å². The Balaban J connectivity index is 2.08. The summed E-state index contributed by atoms with van der Waals surface area (Å²) >= 11 is 6.96. The Kier molecular flexibility index (Phi) is 5.27. The monoisotopic (exact) mass is 394 g/mol. The lowest BCUT2D eigenvalue weighted by molar-refractivity contribution is 0.415. The van der Waals surface area contributed by atoms with Gasteiger partial charge in [-0.25, -0.2) is 8.42 Å². The fraction of sp³-hybridized carbons (Fsp3) is 0.118. The van der Waals surface area contributed by atoms with Crippen molar-refractivity contribution in [1.82, 2.24) is 4.98 Å². The van der Waals surface area contributed by atoms with Gasteiger partial charge in [0, 0.05) is 18.5 Å². The normalized spacial score (nSPS) is 11.3. The Bertz CT molecular complexity index is 959. The summed E-state index contributed by atoms with van der Waals surface area (Å²) < 4.78 is 33.5. The summed E-state index contributed by atoms with van der Waals surface area (Å²) in [5, 5.41) is 0. The molecule has 0 N–H and O–H groups in total. The molecule has 2 aromatic heterocycles. The number of anilines is 1. The molecular formula is C17H15ClN2O3S2. The first kappa shape index (κ1) is 17.7. The van der Waals surface area contributed by atoms with Crippen LogP contribution in [0.1, 0.15) is 5.56 Å². The van der Waals surface area contributed by atoms with Crippen LogP contribution >= 0.6 is 22.9 Å². The van der Waals surface area contributed by atoms with Crippen LogP contribution in [0.15, 0.2) is 65.1 Å². The van der Waals surface area contributed by atoms with Crippen molar-refractivity contribution >= 4 is 38.6 Å². The molecular weight excluding hydrogens is 380 g/mol. The molecule has 0 spiro atoms. The van der Waals surface area contributed by atoms with Crippen molar-refractivity contribution in [3.05, 3.63) is 70.8 Å². The van der Waals surface area contributed by atoms with E-state index in [2.05, 4.69) is 4.98 Å². The van der Waals surface area contributed by atoms with E-state index in [0.29, 0.717) is 15.8 Å². The summed E-state index contributed by atoms with van der Waals surface area (Å²) in [5.74, 6) is 0.577. The van der Waals surface area contributed by atoms with Gasteiger partial charge in [-0.3, -0.25) is 9.29 Å². The third-order valence-electron chi connectivity index (χ3n) is 3.48. The molecule has 0 amide bonds. The molecule has 2 heterocycles. The Morgan fingerprint density at radius 1 is 1.20 bits per heavy atom. The largest absolute Gasteiger partial charge is 0.497 e. The van der Waals surface area contributed by atoms with Crippen LogP contribution in [0.2, 0.25) is 4.34 Å². The minimum Gasteiger partial charge on any atom is -0.497 e. The first-order valence-electron chi connectivity index (χ1n) is 7.32. The van der Waals surface area contributed by atoms with E-state index in [1.807, 2.05) is 6.07 Å². The van der Waals surface area contributed by atoms with Gasteiger partial charge in [0.2, 0.25) is 0 Å². The predicted octanol–water partition coefficient (Wildman–Crippen LogP) is 4.20. The maximum Gasteiger partial charge on any atom is 0.274 e. The van der Waals surface area contributed by atoms with Gasteiger partial charge in [-0.15, -0.1) is 11.3 Å². The van der Waals surface area contributed by atoms with E-state index in [0.717, 1.165) is 16.9 Å². The van der Waals surface area contributed by atoms with Gasteiger partial charge in [0.15, 0.2) is 0 Å². The first-order chi connectivity index (χ1) is 12.0. The predicted molar refractivity (Wildman–Crippen MR) is 99.9 cm³/mol.